The summed E-state index contributed by atoms with van der Waals surface area (Å²) in [5, 5.41) is 12.1. The van der Waals surface area contributed by atoms with Crippen molar-refractivity contribution in [2.45, 2.75) is 39.4 Å². The molecule has 5 nitrogen and oxygen atoms in total. The van der Waals surface area contributed by atoms with E-state index in [1.54, 1.807) is 26.1 Å². The molecule has 106 valence electrons. The summed E-state index contributed by atoms with van der Waals surface area (Å²) in [7, 11) is 0. The van der Waals surface area contributed by atoms with E-state index in [-0.39, 0.29) is 6.42 Å². The highest BCUT2D eigenvalue weighted by atomic mass is 19.4. The lowest BCUT2D eigenvalue weighted by Crippen LogP contribution is -2.49. The maximum Gasteiger partial charge on any atom is 0.405 e. The van der Waals surface area contributed by atoms with E-state index in [2.05, 4.69) is 0 Å². The Kier molecular flexibility index (Phi) is 5.44. The molecule has 0 unspecified atom stereocenters. The van der Waals surface area contributed by atoms with E-state index in [0.717, 1.165) is 0 Å². The van der Waals surface area contributed by atoms with Crippen molar-refractivity contribution in [3.8, 4) is 0 Å². The van der Waals surface area contributed by atoms with Gasteiger partial charge in [-0.15, -0.1) is 0 Å². The molecule has 2 amide bonds. The Labute approximate surface area is 103 Å². The number of hydrogen-bond acceptors (Lipinski definition) is 2. The van der Waals surface area contributed by atoms with Crippen molar-refractivity contribution < 1.29 is 27.9 Å². The van der Waals surface area contributed by atoms with E-state index in [1.165, 1.54) is 0 Å². The van der Waals surface area contributed by atoms with Crippen LogP contribution in [0.5, 0.6) is 0 Å². The van der Waals surface area contributed by atoms with Gasteiger partial charge < -0.3 is 15.7 Å². The molecule has 0 aliphatic carbocycles. The van der Waals surface area contributed by atoms with Crippen LogP contribution in [0.15, 0.2) is 0 Å². The van der Waals surface area contributed by atoms with Crippen LogP contribution in [0.2, 0.25) is 0 Å². The Morgan fingerprint density at radius 1 is 1.22 bits per heavy atom. The summed E-state index contributed by atoms with van der Waals surface area (Å²) in [6, 6.07) is -1.20. The summed E-state index contributed by atoms with van der Waals surface area (Å²) < 4.78 is 35.8. The van der Waals surface area contributed by atoms with Gasteiger partial charge in [0, 0.05) is 0 Å². The zero-order valence-corrected chi connectivity index (χ0v) is 10.4. The first kappa shape index (κ1) is 16.5. The number of carbonyl (C=O) groups is 2. The van der Waals surface area contributed by atoms with E-state index in [0.29, 0.717) is 0 Å². The third kappa shape index (κ3) is 8.66. The number of nitrogens with one attached hydrogen (secondary N) is 2. The number of carbonyl (C=O) groups excluding carboxylic acids is 1. The standard InChI is InChI=1S/C10H17F3N2O3/c1-9(2,3)4-6(15-8(17)18)7(16)14-5-10(11,12)13/h6,15H,4-5H2,1-3H3,(H,14,16)(H,17,18)/t6-/m0/s1. The van der Waals surface area contributed by atoms with Gasteiger partial charge in [0.2, 0.25) is 5.91 Å². The largest absolute Gasteiger partial charge is 0.465 e. The van der Waals surface area contributed by atoms with Crippen molar-refractivity contribution in [2.75, 3.05) is 6.54 Å². The van der Waals surface area contributed by atoms with Crippen molar-refractivity contribution >= 4 is 12.0 Å². The van der Waals surface area contributed by atoms with Crippen molar-refractivity contribution in [3.63, 3.8) is 0 Å². The summed E-state index contributed by atoms with van der Waals surface area (Å²) >= 11 is 0. The lowest BCUT2D eigenvalue weighted by atomic mass is 9.88. The molecule has 0 saturated heterocycles. The first-order valence-electron chi connectivity index (χ1n) is 5.25. The molecule has 0 aromatic rings. The monoisotopic (exact) mass is 270 g/mol. The van der Waals surface area contributed by atoms with Crippen molar-refractivity contribution in [3.05, 3.63) is 0 Å². The maximum absolute atomic E-state index is 11.9. The van der Waals surface area contributed by atoms with Crippen LogP contribution in [0.25, 0.3) is 0 Å². The highest BCUT2D eigenvalue weighted by Crippen LogP contribution is 2.21. The van der Waals surface area contributed by atoms with E-state index in [9.17, 15) is 22.8 Å². The zero-order chi connectivity index (χ0) is 14.6. The molecule has 0 aromatic heterocycles. The van der Waals surface area contributed by atoms with Gasteiger partial charge in [0.1, 0.15) is 12.6 Å². The molecule has 8 heteroatoms. The molecule has 0 radical (unpaired) electrons. The summed E-state index contributed by atoms with van der Waals surface area (Å²) in [6.45, 7) is 3.77. The zero-order valence-electron chi connectivity index (χ0n) is 10.4. The molecule has 0 spiro atoms. The summed E-state index contributed by atoms with van der Waals surface area (Å²) in [6.07, 6.45) is -5.87. The molecule has 0 fully saturated rings. The predicted molar refractivity (Wildman–Crippen MR) is 58.1 cm³/mol. The molecule has 0 bridgehead atoms. The Hall–Kier alpha value is -1.47. The third-order valence-electron chi connectivity index (χ3n) is 1.89. The van der Waals surface area contributed by atoms with Crippen LogP contribution >= 0.6 is 0 Å². The van der Waals surface area contributed by atoms with Crippen LogP contribution < -0.4 is 10.6 Å². The molecule has 0 aromatic carbocycles. The van der Waals surface area contributed by atoms with Crippen LogP contribution in [0.4, 0.5) is 18.0 Å². The van der Waals surface area contributed by atoms with Gasteiger partial charge in [-0.1, -0.05) is 20.8 Å². The summed E-state index contributed by atoms with van der Waals surface area (Å²) in [5.74, 6) is -0.982. The number of alkyl halides is 3. The third-order valence-corrected chi connectivity index (χ3v) is 1.89. The van der Waals surface area contributed by atoms with Gasteiger partial charge in [0.15, 0.2) is 0 Å². The highest BCUT2D eigenvalue weighted by molar-refractivity contribution is 5.85. The second kappa shape index (κ2) is 5.92. The van der Waals surface area contributed by atoms with Crippen LogP contribution in [-0.4, -0.2) is 35.9 Å². The number of rotatable bonds is 4. The second-order valence-electron chi connectivity index (χ2n) is 5.10. The topological polar surface area (TPSA) is 78.4 Å². The molecule has 1 atom stereocenters. The van der Waals surface area contributed by atoms with E-state index in [1.807, 2.05) is 5.32 Å². The molecule has 18 heavy (non-hydrogen) atoms. The van der Waals surface area contributed by atoms with Crippen LogP contribution in [0.1, 0.15) is 27.2 Å². The summed E-state index contributed by atoms with van der Waals surface area (Å²) in [5.41, 5.74) is -0.400. The first-order chi connectivity index (χ1) is 7.91. The molecule has 0 saturated carbocycles. The molecule has 0 aliphatic rings. The van der Waals surface area contributed by atoms with E-state index < -0.39 is 36.2 Å². The Bertz CT molecular complexity index is 310. The number of halogens is 3. The predicted octanol–water partition coefficient (Wildman–Crippen LogP) is 1.74. The molecular weight excluding hydrogens is 253 g/mol. The summed E-state index contributed by atoms with van der Waals surface area (Å²) in [4.78, 5) is 22.0. The average molecular weight is 270 g/mol. The number of carboxylic acid groups (broad SMARTS) is 1. The Balaban J connectivity index is 4.55. The van der Waals surface area contributed by atoms with Crippen molar-refractivity contribution in [1.29, 1.82) is 0 Å². The average Bonchev–Trinajstić information content (AvgIpc) is 2.08. The van der Waals surface area contributed by atoms with Gasteiger partial charge in [-0.25, -0.2) is 4.79 Å². The minimum Gasteiger partial charge on any atom is -0.465 e. The van der Waals surface area contributed by atoms with Crippen LogP contribution in [0, 0.1) is 5.41 Å². The minimum absolute atomic E-state index is 0.100. The van der Waals surface area contributed by atoms with Gasteiger partial charge >= 0.3 is 12.3 Å². The lowest BCUT2D eigenvalue weighted by Gasteiger charge is -2.25. The van der Waals surface area contributed by atoms with Crippen LogP contribution in [-0.2, 0) is 4.79 Å². The maximum atomic E-state index is 11.9. The van der Waals surface area contributed by atoms with Gasteiger partial charge in [0.25, 0.3) is 0 Å². The Morgan fingerprint density at radius 2 is 1.72 bits per heavy atom. The number of amides is 2. The van der Waals surface area contributed by atoms with E-state index >= 15 is 0 Å². The van der Waals surface area contributed by atoms with Crippen molar-refractivity contribution in [1.82, 2.24) is 10.6 Å². The fourth-order valence-corrected chi connectivity index (χ4v) is 1.28. The molecule has 0 aliphatic heterocycles. The van der Waals surface area contributed by atoms with Gasteiger partial charge in [0.05, 0.1) is 0 Å². The van der Waals surface area contributed by atoms with Gasteiger partial charge in [-0.2, -0.15) is 13.2 Å². The fraction of sp³-hybridized carbons (Fsp3) is 0.800. The number of hydrogen-bond donors (Lipinski definition) is 3. The normalized spacial score (nSPS) is 13.9. The SMILES string of the molecule is CC(C)(C)C[C@H](NC(=O)O)C(=O)NCC(F)(F)F. The molecule has 0 heterocycles. The second-order valence-corrected chi connectivity index (χ2v) is 5.10. The highest BCUT2D eigenvalue weighted by Gasteiger charge is 2.31. The van der Waals surface area contributed by atoms with Gasteiger partial charge in [-0.05, 0) is 11.8 Å². The van der Waals surface area contributed by atoms with Crippen molar-refractivity contribution in [2.24, 2.45) is 5.41 Å². The quantitative estimate of drug-likeness (QED) is 0.728. The fourth-order valence-electron chi connectivity index (χ4n) is 1.28. The van der Waals surface area contributed by atoms with E-state index in [4.69, 9.17) is 5.11 Å². The van der Waals surface area contributed by atoms with Crippen LogP contribution in [0.3, 0.4) is 0 Å². The Morgan fingerprint density at radius 3 is 2.06 bits per heavy atom. The minimum atomic E-state index is -4.52. The lowest BCUT2D eigenvalue weighted by molar-refractivity contribution is -0.139. The van der Waals surface area contributed by atoms with Gasteiger partial charge in [-0.3, -0.25) is 4.79 Å². The molecule has 0 rings (SSSR count). The smallest absolute Gasteiger partial charge is 0.405 e. The first-order valence-corrected chi connectivity index (χ1v) is 5.25. The molecule has 3 N–H and O–H groups in total. The molecular formula is C10H17F3N2O3.